The quantitative estimate of drug-likeness (QED) is 0.562. The lowest BCUT2D eigenvalue weighted by molar-refractivity contribution is -0.385. The Labute approximate surface area is 116 Å². The van der Waals surface area contributed by atoms with E-state index in [9.17, 15) is 20.0 Å². The zero-order chi connectivity index (χ0) is 14.9. The monoisotopic (exact) mass is 279 g/mol. The first-order chi connectivity index (χ1) is 9.38. The van der Waals surface area contributed by atoms with Crippen molar-refractivity contribution < 1.29 is 14.8 Å². The predicted molar refractivity (Wildman–Crippen MR) is 73.6 cm³/mol. The first-order valence-corrected chi connectivity index (χ1v) is 6.36. The number of aliphatic hydroxyl groups excluding tert-OH is 1. The van der Waals surface area contributed by atoms with Gasteiger partial charge >= 0.3 is 0 Å². The fourth-order valence-corrected chi connectivity index (χ4v) is 2.31. The van der Waals surface area contributed by atoms with Gasteiger partial charge in [0, 0.05) is 18.2 Å². The van der Waals surface area contributed by atoms with Crippen LogP contribution < -0.4 is 10.6 Å². The van der Waals surface area contributed by atoms with Crippen molar-refractivity contribution in [2.24, 2.45) is 0 Å². The van der Waals surface area contributed by atoms with Gasteiger partial charge in [0.2, 0.25) is 5.91 Å². The number of amides is 1. The van der Waals surface area contributed by atoms with E-state index in [1.54, 1.807) is 19.9 Å². The minimum atomic E-state index is -0.529. The van der Waals surface area contributed by atoms with E-state index in [1.165, 1.54) is 6.07 Å². The highest BCUT2D eigenvalue weighted by atomic mass is 16.6. The Balaban J connectivity index is 2.18. The lowest BCUT2D eigenvalue weighted by Crippen LogP contribution is -2.35. The number of anilines is 1. The molecule has 0 aliphatic carbocycles. The number of nitrogens with zero attached hydrogens (tertiary/aromatic N) is 1. The number of rotatable bonds is 3. The number of β-amino-alcohol motifs (C(OH)–C–C–N with tert-alkyl or cyclic N) is 1. The molecule has 0 saturated carbocycles. The molecule has 1 saturated heterocycles. The van der Waals surface area contributed by atoms with E-state index in [-0.39, 0.29) is 11.6 Å². The molecular formula is C13H17N3O4. The number of aliphatic hydroxyl groups is 1. The van der Waals surface area contributed by atoms with Gasteiger partial charge in [0.1, 0.15) is 0 Å². The molecule has 7 heteroatoms. The largest absolute Gasteiger partial charge is 0.392 e. The Kier molecular flexibility index (Phi) is 4.01. The third kappa shape index (κ3) is 2.94. The Morgan fingerprint density at radius 3 is 2.70 bits per heavy atom. The van der Waals surface area contributed by atoms with Gasteiger partial charge in [0.25, 0.3) is 5.69 Å². The summed E-state index contributed by atoms with van der Waals surface area (Å²) in [6.07, 6.45) is -0.182. The number of nitrogens with one attached hydrogen (secondary N) is 2. The molecule has 0 spiro atoms. The summed E-state index contributed by atoms with van der Waals surface area (Å²) in [7, 11) is 0. The molecule has 2 unspecified atom stereocenters. The molecule has 1 aromatic carbocycles. The summed E-state index contributed by atoms with van der Waals surface area (Å²) >= 11 is 0. The van der Waals surface area contributed by atoms with E-state index in [0.29, 0.717) is 24.2 Å². The smallest absolute Gasteiger partial charge is 0.274 e. The highest BCUT2D eigenvalue weighted by Gasteiger charge is 2.28. The predicted octanol–water partition coefficient (Wildman–Crippen LogP) is 0.873. The van der Waals surface area contributed by atoms with Crippen molar-refractivity contribution in [3.63, 3.8) is 0 Å². The molecule has 1 fully saturated rings. The number of hydrogen-bond donors (Lipinski definition) is 3. The normalized spacial score (nSPS) is 21.8. The fraction of sp³-hybridized carbons (Fsp3) is 0.462. The topological polar surface area (TPSA) is 105 Å². The average molecular weight is 279 g/mol. The van der Waals surface area contributed by atoms with Gasteiger partial charge in [0.15, 0.2) is 0 Å². The van der Waals surface area contributed by atoms with Crippen LogP contribution in [0.2, 0.25) is 0 Å². The van der Waals surface area contributed by atoms with Crippen LogP contribution in [0.5, 0.6) is 0 Å². The molecule has 2 rings (SSSR count). The van der Waals surface area contributed by atoms with Gasteiger partial charge < -0.3 is 15.7 Å². The average Bonchev–Trinajstić information content (AvgIpc) is 2.79. The summed E-state index contributed by atoms with van der Waals surface area (Å²) in [4.78, 5) is 22.5. The second-order valence-electron chi connectivity index (χ2n) is 5.05. The van der Waals surface area contributed by atoms with Crippen LogP contribution in [0, 0.1) is 24.0 Å². The summed E-state index contributed by atoms with van der Waals surface area (Å²) in [6.45, 7) is 3.82. The van der Waals surface area contributed by atoms with E-state index in [1.807, 2.05) is 0 Å². The molecule has 1 aromatic rings. The Bertz CT molecular complexity index is 559. The minimum Gasteiger partial charge on any atom is -0.392 e. The van der Waals surface area contributed by atoms with Crippen LogP contribution in [0.3, 0.4) is 0 Å². The van der Waals surface area contributed by atoms with Crippen LogP contribution in [0.25, 0.3) is 0 Å². The number of carbonyl (C=O) groups is 1. The molecule has 3 N–H and O–H groups in total. The van der Waals surface area contributed by atoms with Crippen LogP contribution in [0.15, 0.2) is 12.1 Å². The molecule has 0 radical (unpaired) electrons. The van der Waals surface area contributed by atoms with E-state index in [0.717, 1.165) is 5.56 Å². The zero-order valence-corrected chi connectivity index (χ0v) is 11.3. The minimum absolute atomic E-state index is 0.0229. The second kappa shape index (κ2) is 5.56. The molecule has 1 aliphatic heterocycles. The zero-order valence-electron chi connectivity index (χ0n) is 11.3. The lowest BCUT2D eigenvalue weighted by atomic mass is 10.1. The highest BCUT2D eigenvalue weighted by Crippen LogP contribution is 2.26. The number of benzene rings is 1. The maximum absolute atomic E-state index is 12.0. The maximum Gasteiger partial charge on any atom is 0.274 e. The molecule has 1 aliphatic rings. The van der Waals surface area contributed by atoms with Gasteiger partial charge in [-0.3, -0.25) is 14.9 Å². The summed E-state index contributed by atoms with van der Waals surface area (Å²) < 4.78 is 0. The van der Waals surface area contributed by atoms with Gasteiger partial charge in [-0.05, 0) is 31.9 Å². The van der Waals surface area contributed by atoms with Gasteiger partial charge in [-0.15, -0.1) is 0 Å². The van der Waals surface area contributed by atoms with Gasteiger partial charge in [-0.25, -0.2) is 0 Å². The standard InChI is InChI=1S/C13H17N3O4/c1-7-3-8(2)12(16(19)20)5-10(7)15-13(18)11-4-9(17)6-14-11/h3,5,9,11,14,17H,4,6H2,1-2H3,(H,15,18). The Morgan fingerprint density at radius 1 is 1.45 bits per heavy atom. The SMILES string of the molecule is Cc1cc(C)c([N+](=O)[O-])cc1NC(=O)C1CC(O)CN1. The molecular weight excluding hydrogens is 262 g/mol. The van der Waals surface area contributed by atoms with Crippen LogP contribution in [0.1, 0.15) is 17.5 Å². The molecule has 7 nitrogen and oxygen atoms in total. The van der Waals surface area contributed by atoms with Gasteiger partial charge in [0.05, 0.1) is 22.8 Å². The molecule has 2 atom stereocenters. The first-order valence-electron chi connectivity index (χ1n) is 6.36. The van der Waals surface area contributed by atoms with Crippen LogP contribution >= 0.6 is 0 Å². The van der Waals surface area contributed by atoms with E-state index in [4.69, 9.17) is 0 Å². The molecule has 1 amide bonds. The lowest BCUT2D eigenvalue weighted by Gasteiger charge is -2.13. The number of aryl methyl sites for hydroxylation is 2. The Hall–Kier alpha value is -1.99. The van der Waals surface area contributed by atoms with Gasteiger partial charge in [-0.1, -0.05) is 0 Å². The van der Waals surface area contributed by atoms with Crippen LogP contribution in [-0.4, -0.2) is 34.6 Å². The summed E-state index contributed by atoms with van der Waals surface area (Å²) in [5.41, 5.74) is 1.72. The van der Waals surface area contributed by atoms with Crippen molar-refractivity contribution in [1.82, 2.24) is 5.32 Å². The Morgan fingerprint density at radius 2 is 2.15 bits per heavy atom. The molecule has 20 heavy (non-hydrogen) atoms. The van der Waals surface area contributed by atoms with Crippen molar-refractivity contribution in [2.45, 2.75) is 32.4 Å². The molecule has 0 aromatic heterocycles. The molecule has 0 bridgehead atoms. The van der Waals surface area contributed by atoms with Crippen molar-refractivity contribution in [2.75, 3.05) is 11.9 Å². The second-order valence-corrected chi connectivity index (χ2v) is 5.05. The third-order valence-corrected chi connectivity index (χ3v) is 3.42. The van der Waals surface area contributed by atoms with Crippen molar-refractivity contribution in [3.8, 4) is 0 Å². The highest BCUT2D eigenvalue weighted by molar-refractivity contribution is 5.96. The van der Waals surface area contributed by atoms with E-state index >= 15 is 0 Å². The number of nitro groups is 1. The first kappa shape index (κ1) is 14.4. The van der Waals surface area contributed by atoms with Crippen LogP contribution in [0.4, 0.5) is 11.4 Å². The number of carbonyl (C=O) groups excluding carboxylic acids is 1. The number of nitro benzene ring substituents is 1. The molecule has 1 heterocycles. The van der Waals surface area contributed by atoms with Crippen LogP contribution in [-0.2, 0) is 4.79 Å². The third-order valence-electron chi connectivity index (χ3n) is 3.42. The van der Waals surface area contributed by atoms with Gasteiger partial charge in [-0.2, -0.15) is 0 Å². The summed E-state index contributed by atoms with van der Waals surface area (Å²) in [6, 6.07) is 2.57. The van der Waals surface area contributed by atoms with Crippen molar-refractivity contribution in [3.05, 3.63) is 33.4 Å². The molecule has 108 valence electrons. The van der Waals surface area contributed by atoms with E-state index in [2.05, 4.69) is 10.6 Å². The summed E-state index contributed by atoms with van der Waals surface area (Å²) in [5, 5.41) is 25.9. The fourth-order valence-electron chi connectivity index (χ4n) is 2.31. The van der Waals surface area contributed by atoms with E-state index < -0.39 is 17.1 Å². The van der Waals surface area contributed by atoms with Crippen molar-refractivity contribution in [1.29, 1.82) is 0 Å². The van der Waals surface area contributed by atoms with Crippen molar-refractivity contribution >= 4 is 17.3 Å². The number of hydrogen-bond acceptors (Lipinski definition) is 5. The maximum atomic E-state index is 12.0. The summed E-state index contributed by atoms with van der Waals surface area (Å²) in [5.74, 6) is -0.289.